The SMILES string of the molecule is COc1ccc(OC)c(-c2ccc(N3CCN(C(=O)c4ccc([N+](=O)[O-])cc4Cl)CC3)nn2)c1. The van der Waals surface area contributed by atoms with Gasteiger partial charge in [0.15, 0.2) is 5.82 Å². The summed E-state index contributed by atoms with van der Waals surface area (Å²) in [6, 6.07) is 13.1. The molecule has 3 aromatic rings. The van der Waals surface area contributed by atoms with E-state index < -0.39 is 4.92 Å². The van der Waals surface area contributed by atoms with Crippen molar-refractivity contribution in [1.82, 2.24) is 15.1 Å². The number of aromatic nitrogens is 2. The van der Waals surface area contributed by atoms with E-state index in [0.29, 0.717) is 49.2 Å². The Kier molecular flexibility index (Phi) is 6.78. The van der Waals surface area contributed by atoms with Crippen LogP contribution in [0.4, 0.5) is 11.5 Å². The summed E-state index contributed by atoms with van der Waals surface area (Å²) in [6.07, 6.45) is 0. The van der Waals surface area contributed by atoms with Crippen molar-refractivity contribution >= 4 is 29.0 Å². The van der Waals surface area contributed by atoms with Crippen molar-refractivity contribution in [3.63, 3.8) is 0 Å². The number of rotatable bonds is 6. The van der Waals surface area contributed by atoms with E-state index in [0.717, 1.165) is 5.56 Å². The Labute approximate surface area is 200 Å². The fraction of sp³-hybridized carbons (Fsp3) is 0.261. The summed E-state index contributed by atoms with van der Waals surface area (Å²) in [6.45, 7) is 2.04. The fourth-order valence-electron chi connectivity index (χ4n) is 3.75. The van der Waals surface area contributed by atoms with E-state index in [1.807, 2.05) is 35.2 Å². The summed E-state index contributed by atoms with van der Waals surface area (Å²) < 4.78 is 10.7. The molecule has 0 atom stereocenters. The third-order valence-corrected chi connectivity index (χ3v) is 5.93. The molecule has 0 saturated carbocycles. The number of carbonyl (C=O) groups is 1. The van der Waals surface area contributed by atoms with Crippen molar-refractivity contribution in [1.29, 1.82) is 0 Å². The summed E-state index contributed by atoms with van der Waals surface area (Å²) in [7, 11) is 3.19. The van der Waals surface area contributed by atoms with E-state index in [2.05, 4.69) is 10.2 Å². The highest BCUT2D eigenvalue weighted by atomic mass is 35.5. The number of benzene rings is 2. The molecule has 4 rings (SSSR count). The van der Waals surface area contributed by atoms with E-state index in [9.17, 15) is 14.9 Å². The minimum atomic E-state index is -0.546. The molecule has 0 radical (unpaired) electrons. The number of hydrogen-bond donors (Lipinski definition) is 0. The van der Waals surface area contributed by atoms with Gasteiger partial charge < -0.3 is 19.3 Å². The molecule has 1 fully saturated rings. The average Bonchev–Trinajstić information content (AvgIpc) is 2.88. The van der Waals surface area contributed by atoms with Crippen LogP contribution in [0.5, 0.6) is 11.5 Å². The van der Waals surface area contributed by atoms with Crippen molar-refractivity contribution in [3.8, 4) is 22.8 Å². The molecule has 0 spiro atoms. The van der Waals surface area contributed by atoms with Crippen LogP contribution in [0.15, 0.2) is 48.5 Å². The fourth-order valence-corrected chi connectivity index (χ4v) is 4.01. The summed E-state index contributed by atoms with van der Waals surface area (Å²) in [5.41, 5.74) is 1.52. The van der Waals surface area contributed by atoms with Gasteiger partial charge in [0.05, 0.1) is 35.4 Å². The van der Waals surface area contributed by atoms with Gasteiger partial charge in [0.25, 0.3) is 11.6 Å². The molecule has 1 aliphatic rings. The van der Waals surface area contributed by atoms with Gasteiger partial charge in [0.1, 0.15) is 11.5 Å². The Morgan fingerprint density at radius 2 is 1.76 bits per heavy atom. The molecule has 0 unspecified atom stereocenters. The predicted octanol–water partition coefficient (Wildman–Crippen LogP) is 3.68. The smallest absolute Gasteiger partial charge is 0.270 e. The Hall–Kier alpha value is -3.92. The second kappa shape index (κ2) is 9.92. The summed E-state index contributed by atoms with van der Waals surface area (Å²) in [4.78, 5) is 26.9. The van der Waals surface area contributed by atoms with E-state index in [-0.39, 0.29) is 22.2 Å². The second-order valence-electron chi connectivity index (χ2n) is 7.54. The lowest BCUT2D eigenvalue weighted by molar-refractivity contribution is -0.384. The van der Waals surface area contributed by atoms with Crippen LogP contribution in [0.2, 0.25) is 5.02 Å². The summed E-state index contributed by atoms with van der Waals surface area (Å²) in [5.74, 6) is 1.80. The molecule has 176 valence electrons. The Morgan fingerprint density at radius 3 is 2.35 bits per heavy atom. The van der Waals surface area contributed by atoms with Crippen molar-refractivity contribution in [2.24, 2.45) is 0 Å². The Bertz CT molecular complexity index is 1210. The van der Waals surface area contributed by atoms with Crippen LogP contribution in [-0.2, 0) is 0 Å². The predicted molar refractivity (Wildman–Crippen MR) is 127 cm³/mol. The quantitative estimate of drug-likeness (QED) is 0.385. The molecule has 1 aliphatic heterocycles. The van der Waals surface area contributed by atoms with Gasteiger partial charge in [-0.15, -0.1) is 10.2 Å². The van der Waals surface area contributed by atoms with Gasteiger partial charge in [0.2, 0.25) is 0 Å². The number of ether oxygens (including phenoxy) is 2. The van der Waals surface area contributed by atoms with E-state index in [4.69, 9.17) is 21.1 Å². The number of nitro benzene ring substituents is 1. The van der Waals surface area contributed by atoms with Crippen molar-refractivity contribution < 1.29 is 19.2 Å². The van der Waals surface area contributed by atoms with Crippen LogP contribution in [-0.4, -0.2) is 66.3 Å². The van der Waals surface area contributed by atoms with Crippen LogP contribution in [0, 0.1) is 10.1 Å². The van der Waals surface area contributed by atoms with Gasteiger partial charge in [-0.05, 0) is 36.4 Å². The zero-order valence-corrected chi connectivity index (χ0v) is 19.4. The number of amides is 1. The highest BCUT2D eigenvalue weighted by Gasteiger charge is 2.25. The van der Waals surface area contributed by atoms with E-state index >= 15 is 0 Å². The van der Waals surface area contributed by atoms with Crippen LogP contribution < -0.4 is 14.4 Å². The number of piperazine rings is 1. The van der Waals surface area contributed by atoms with Crippen LogP contribution >= 0.6 is 11.6 Å². The topological polar surface area (TPSA) is 111 Å². The number of methoxy groups -OCH3 is 2. The molecule has 34 heavy (non-hydrogen) atoms. The largest absolute Gasteiger partial charge is 0.497 e. The monoisotopic (exact) mass is 483 g/mol. The number of nitro groups is 1. The first kappa shape index (κ1) is 23.2. The number of non-ortho nitro benzene ring substituents is 1. The standard InChI is InChI=1S/C23H22ClN5O5/c1-33-16-4-7-21(34-2)18(14-16)20-6-8-22(26-25-20)27-9-11-28(12-10-27)23(30)17-5-3-15(29(31)32)13-19(17)24/h3-8,13-14H,9-12H2,1-2H3. The number of nitrogens with zero attached hydrogens (tertiary/aromatic N) is 5. The molecule has 0 bridgehead atoms. The summed E-state index contributed by atoms with van der Waals surface area (Å²) >= 11 is 6.12. The zero-order valence-electron chi connectivity index (χ0n) is 18.6. The number of carbonyl (C=O) groups excluding carboxylic acids is 1. The zero-order chi connectivity index (χ0) is 24.2. The van der Waals surface area contributed by atoms with Crippen LogP contribution in [0.1, 0.15) is 10.4 Å². The Morgan fingerprint density at radius 1 is 1.00 bits per heavy atom. The van der Waals surface area contributed by atoms with E-state index in [1.165, 1.54) is 18.2 Å². The van der Waals surface area contributed by atoms with Crippen molar-refractivity contribution in [2.45, 2.75) is 0 Å². The first-order chi connectivity index (χ1) is 16.4. The van der Waals surface area contributed by atoms with Gasteiger partial charge in [-0.3, -0.25) is 14.9 Å². The molecular weight excluding hydrogens is 462 g/mol. The summed E-state index contributed by atoms with van der Waals surface area (Å²) in [5, 5.41) is 19.7. The number of halogens is 1. The number of hydrogen-bond acceptors (Lipinski definition) is 8. The Balaban J connectivity index is 1.43. The van der Waals surface area contributed by atoms with Gasteiger partial charge in [-0.25, -0.2) is 0 Å². The molecule has 1 amide bonds. The molecule has 2 aromatic carbocycles. The second-order valence-corrected chi connectivity index (χ2v) is 7.95. The third kappa shape index (κ3) is 4.72. The molecule has 1 saturated heterocycles. The van der Waals surface area contributed by atoms with Gasteiger partial charge in [0, 0.05) is 43.9 Å². The van der Waals surface area contributed by atoms with Gasteiger partial charge in [-0.2, -0.15) is 0 Å². The van der Waals surface area contributed by atoms with Crippen molar-refractivity contribution in [2.75, 3.05) is 45.3 Å². The highest BCUT2D eigenvalue weighted by molar-refractivity contribution is 6.34. The molecule has 10 nitrogen and oxygen atoms in total. The van der Waals surface area contributed by atoms with Crippen LogP contribution in [0.3, 0.4) is 0 Å². The molecule has 0 N–H and O–H groups in total. The molecule has 0 aliphatic carbocycles. The highest BCUT2D eigenvalue weighted by Crippen LogP contribution is 2.32. The number of anilines is 1. The molecule has 2 heterocycles. The first-order valence-corrected chi connectivity index (χ1v) is 10.8. The lowest BCUT2D eigenvalue weighted by Gasteiger charge is -2.35. The van der Waals surface area contributed by atoms with Crippen LogP contribution in [0.25, 0.3) is 11.3 Å². The van der Waals surface area contributed by atoms with Gasteiger partial charge in [-0.1, -0.05) is 11.6 Å². The third-order valence-electron chi connectivity index (χ3n) is 5.62. The first-order valence-electron chi connectivity index (χ1n) is 10.5. The average molecular weight is 484 g/mol. The van der Waals surface area contributed by atoms with Gasteiger partial charge >= 0.3 is 0 Å². The minimum absolute atomic E-state index is 0.0658. The molecular formula is C23H22ClN5O5. The molecule has 11 heteroatoms. The normalized spacial score (nSPS) is 13.5. The molecule has 1 aromatic heterocycles. The van der Waals surface area contributed by atoms with E-state index in [1.54, 1.807) is 19.1 Å². The maximum absolute atomic E-state index is 12.9. The lowest BCUT2D eigenvalue weighted by atomic mass is 10.1. The minimum Gasteiger partial charge on any atom is -0.497 e. The maximum atomic E-state index is 12.9. The van der Waals surface area contributed by atoms with Crippen molar-refractivity contribution in [3.05, 3.63) is 69.2 Å². The maximum Gasteiger partial charge on any atom is 0.270 e. The lowest BCUT2D eigenvalue weighted by Crippen LogP contribution is -2.49.